The van der Waals surface area contributed by atoms with Crippen molar-refractivity contribution in [2.75, 3.05) is 7.05 Å². The van der Waals surface area contributed by atoms with Gasteiger partial charge in [0.2, 0.25) is 5.69 Å². The molecule has 1 heterocycles. The van der Waals surface area contributed by atoms with Crippen molar-refractivity contribution in [2.45, 2.75) is 38.5 Å². The zero-order valence-electron chi connectivity index (χ0n) is 15.8. The van der Waals surface area contributed by atoms with Crippen molar-refractivity contribution < 1.29 is 4.58 Å². The summed E-state index contributed by atoms with van der Waals surface area (Å²) in [7, 11) is 2.18. The number of hydrogen-bond acceptors (Lipinski definition) is 1. The summed E-state index contributed by atoms with van der Waals surface area (Å²) in [6, 6.07) is 8.73. The summed E-state index contributed by atoms with van der Waals surface area (Å²) in [5.41, 5.74) is 5.41. The molecule has 0 saturated heterocycles. The first kappa shape index (κ1) is 17.4. The van der Waals surface area contributed by atoms with Gasteiger partial charge in [-0.1, -0.05) is 66.9 Å². The van der Waals surface area contributed by atoms with Crippen molar-refractivity contribution in [2.24, 2.45) is 5.41 Å². The van der Waals surface area contributed by atoms with E-state index in [9.17, 15) is 0 Å². The highest BCUT2D eigenvalue weighted by atomic mass is 32.1. The summed E-state index contributed by atoms with van der Waals surface area (Å²) in [5.74, 6) is 0. The average Bonchev–Trinajstić information content (AvgIpc) is 3.18. The lowest BCUT2D eigenvalue weighted by molar-refractivity contribution is -0.401. The van der Waals surface area contributed by atoms with Gasteiger partial charge in [0.25, 0.3) is 0 Å². The van der Waals surface area contributed by atoms with Crippen LogP contribution in [0.5, 0.6) is 0 Å². The van der Waals surface area contributed by atoms with Crippen LogP contribution in [0, 0.1) is 5.41 Å². The summed E-state index contributed by atoms with van der Waals surface area (Å²) in [4.78, 5) is 1.09. The predicted octanol–water partition coefficient (Wildman–Crippen LogP) is 5.84. The van der Waals surface area contributed by atoms with E-state index in [1.165, 1.54) is 22.5 Å². The molecule has 26 heavy (non-hydrogen) atoms. The molecule has 0 radical (unpaired) electrons. The van der Waals surface area contributed by atoms with Gasteiger partial charge < -0.3 is 0 Å². The van der Waals surface area contributed by atoms with E-state index >= 15 is 0 Å². The first-order valence-corrected chi connectivity index (χ1v) is 9.82. The molecule has 3 aliphatic rings. The highest BCUT2D eigenvalue weighted by molar-refractivity contribution is 7.80. The standard InChI is InChI=1S/C24H26NS/c1-23(2)18-10-4-6-12-20(18)25(3)22(23)14-17-24(15-8-9-16-24)19-11-5-7-13-21(19)26/h4-12,14,17H,13,15-16H2,1-3H3/q+1. The molecule has 1 aromatic rings. The number of para-hydroxylation sites is 1. The minimum atomic E-state index is 0.0103. The zero-order valence-corrected chi connectivity index (χ0v) is 16.6. The SMILES string of the molecule is C[N+]1=C(C=CC2(C3=CC=CCC3=S)CC=CC2)C(C)(C)c2ccccc21. The first-order chi connectivity index (χ1) is 12.5. The van der Waals surface area contributed by atoms with E-state index in [-0.39, 0.29) is 10.8 Å². The lowest BCUT2D eigenvalue weighted by Crippen LogP contribution is -2.28. The van der Waals surface area contributed by atoms with Gasteiger partial charge in [0, 0.05) is 34.4 Å². The molecule has 0 amide bonds. The normalized spacial score (nSPS) is 23.0. The Morgan fingerprint density at radius 3 is 2.50 bits per heavy atom. The zero-order chi connectivity index (χ0) is 18.4. The fourth-order valence-electron chi connectivity index (χ4n) is 4.64. The molecule has 2 heteroatoms. The van der Waals surface area contributed by atoms with Crippen LogP contribution in [-0.4, -0.2) is 22.2 Å². The number of nitrogens with zero attached hydrogens (tertiary/aromatic N) is 1. The quantitative estimate of drug-likeness (QED) is 0.372. The predicted molar refractivity (Wildman–Crippen MR) is 115 cm³/mol. The molecular weight excluding hydrogens is 334 g/mol. The maximum Gasteiger partial charge on any atom is 0.209 e. The molecular formula is C24H26NS+. The minimum Gasteiger partial charge on any atom is -0.198 e. The van der Waals surface area contributed by atoms with Gasteiger partial charge in [0.1, 0.15) is 7.05 Å². The summed E-state index contributed by atoms with van der Waals surface area (Å²) in [6.45, 7) is 4.64. The van der Waals surface area contributed by atoms with Crippen LogP contribution >= 0.6 is 12.2 Å². The van der Waals surface area contributed by atoms with E-state index in [0.717, 1.165) is 24.1 Å². The van der Waals surface area contributed by atoms with Crippen LogP contribution in [0.1, 0.15) is 38.7 Å². The molecule has 0 unspecified atom stereocenters. The maximum atomic E-state index is 5.71. The summed E-state index contributed by atoms with van der Waals surface area (Å²) in [6.07, 6.45) is 18.9. The first-order valence-electron chi connectivity index (χ1n) is 9.41. The van der Waals surface area contributed by atoms with Gasteiger partial charge in [-0.05, 0) is 32.3 Å². The lowest BCUT2D eigenvalue weighted by atomic mass is 9.73. The van der Waals surface area contributed by atoms with E-state index in [1.807, 2.05) is 0 Å². The van der Waals surface area contributed by atoms with Crippen LogP contribution in [0.15, 0.2) is 72.4 Å². The van der Waals surface area contributed by atoms with Crippen LogP contribution in [0.2, 0.25) is 0 Å². The van der Waals surface area contributed by atoms with Gasteiger partial charge in [0.05, 0.1) is 5.41 Å². The third-order valence-corrected chi connectivity index (χ3v) is 6.56. The number of benzene rings is 1. The van der Waals surface area contributed by atoms with Gasteiger partial charge in [-0.25, -0.2) is 0 Å². The summed E-state index contributed by atoms with van der Waals surface area (Å²) in [5, 5.41) is 0. The molecule has 0 saturated carbocycles. The van der Waals surface area contributed by atoms with Gasteiger partial charge in [-0.15, -0.1) is 0 Å². The van der Waals surface area contributed by atoms with Gasteiger partial charge >= 0.3 is 0 Å². The molecule has 2 aliphatic carbocycles. The molecule has 1 aliphatic heterocycles. The number of hydrogen-bond donors (Lipinski definition) is 0. The lowest BCUT2D eigenvalue weighted by Gasteiger charge is -2.30. The van der Waals surface area contributed by atoms with Crippen LogP contribution in [0.25, 0.3) is 0 Å². The fraction of sp³-hybridized carbons (Fsp3) is 0.333. The van der Waals surface area contributed by atoms with Crippen molar-refractivity contribution in [3.63, 3.8) is 0 Å². The van der Waals surface area contributed by atoms with Crippen LogP contribution in [0.4, 0.5) is 5.69 Å². The van der Waals surface area contributed by atoms with Crippen molar-refractivity contribution in [3.05, 3.63) is 77.9 Å². The third-order valence-electron chi connectivity index (χ3n) is 6.17. The Bertz CT molecular complexity index is 913. The van der Waals surface area contributed by atoms with Gasteiger partial charge in [-0.3, -0.25) is 0 Å². The van der Waals surface area contributed by atoms with Gasteiger partial charge in [0.15, 0.2) is 5.71 Å². The second-order valence-corrected chi connectivity index (χ2v) is 8.58. The minimum absolute atomic E-state index is 0.0103. The molecule has 0 atom stereocenters. The summed E-state index contributed by atoms with van der Waals surface area (Å²) < 4.78 is 2.34. The van der Waals surface area contributed by atoms with Crippen LogP contribution in [-0.2, 0) is 5.41 Å². The van der Waals surface area contributed by atoms with Crippen molar-refractivity contribution >= 4 is 28.5 Å². The third kappa shape index (κ3) is 2.59. The topological polar surface area (TPSA) is 3.01 Å². The molecule has 0 spiro atoms. The van der Waals surface area contributed by atoms with Crippen molar-refractivity contribution in [1.29, 1.82) is 0 Å². The number of thiocarbonyl (C=S) groups is 1. The monoisotopic (exact) mass is 360 g/mol. The van der Waals surface area contributed by atoms with Gasteiger partial charge in [-0.2, -0.15) is 4.58 Å². The smallest absolute Gasteiger partial charge is 0.198 e. The van der Waals surface area contributed by atoms with E-state index in [2.05, 4.69) is 92.3 Å². The Morgan fingerprint density at radius 1 is 1.08 bits per heavy atom. The molecule has 0 fully saturated rings. The molecule has 1 aromatic carbocycles. The highest BCUT2D eigenvalue weighted by Crippen LogP contribution is 2.45. The number of allylic oxidation sites excluding steroid dienone is 8. The molecule has 1 nitrogen and oxygen atoms in total. The van der Waals surface area contributed by atoms with Crippen molar-refractivity contribution in [1.82, 2.24) is 0 Å². The summed E-state index contributed by atoms with van der Waals surface area (Å²) >= 11 is 5.71. The molecule has 0 bridgehead atoms. The Labute approximate surface area is 162 Å². The average molecular weight is 361 g/mol. The Kier molecular flexibility index (Phi) is 4.19. The second-order valence-electron chi connectivity index (χ2n) is 8.09. The van der Waals surface area contributed by atoms with Crippen LogP contribution < -0.4 is 0 Å². The maximum absolute atomic E-state index is 5.71. The Balaban J connectivity index is 1.75. The van der Waals surface area contributed by atoms with Crippen LogP contribution in [0.3, 0.4) is 0 Å². The Morgan fingerprint density at radius 2 is 1.81 bits per heavy atom. The number of fused-ring (bicyclic) bond motifs is 1. The van der Waals surface area contributed by atoms with E-state index in [0.29, 0.717) is 0 Å². The van der Waals surface area contributed by atoms with E-state index in [1.54, 1.807) is 0 Å². The highest BCUT2D eigenvalue weighted by Gasteiger charge is 2.43. The fourth-order valence-corrected chi connectivity index (χ4v) is 5.01. The second kappa shape index (κ2) is 6.28. The molecule has 0 aromatic heterocycles. The molecule has 4 rings (SSSR count). The molecule has 0 N–H and O–H groups in total. The largest absolute Gasteiger partial charge is 0.209 e. The molecule has 132 valence electrons. The van der Waals surface area contributed by atoms with E-state index < -0.39 is 0 Å². The van der Waals surface area contributed by atoms with E-state index in [4.69, 9.17) is 12.2 Å². The van der Waals surface area contributed by atoms with Crippen molar-refractivity contribution in [3.8, 4) is 0 Å². The Hall–Kier alpha value is -2.06. The number of rotatable bonds is 3.